The lowest BCUT2D eigenvalue weighted by Crippen LogP contribution is -2.62. The van der Waals surface area contributed by atoms with Gasteiger partial charge in [0.1, 0.15) is 47.5 Å². The van der Waals surface area contributed by atoms with Crippen LogP contribution in [0.4, 0.5) is 4.79 Å². The molecule has 8 atom stereocenters. The molecule has 2 aromatic carbocycles. The summed E-state index contributed by atoms with van der Waals surface area (Å²) in [4.78, 5) is 106. The first kappa shape index (κ1) is 46.5. The van der Waals surface area contributed by atoms with Crippen molar-refractivity contribution < 1.29 is 53.9 Å². The zero-order chi connectivity index (χ0) is 45.1. The number of aliphatic hydroxyl groups excluding tert-OH is 1. The van der Waals surface area contributed by atoms with Gasteiger partial charge in [0, 0.05) is 44.8 Å². The summed E-state index contributed by atoms with van der Waals surface area (Å²) in [6.45, 7) is 4.06. The number of phenolic OH excluding ortho intramolecular Hbond substituents is 2. The molecule has 4 rings (SSSR count). The Morgan fingerprint density at radius 3 is 2.05 bits per heavy atom. The second-order valence-corrected chi connectivity index (χ2v) is 14.4. The van der Waals surface area contributed by atoms with Crippen molar-refractivity contribution in [3.05, 3.63) is 105 Å². The van der Waals surface area contributed by atoms with E-state index in [0.717, 1.165) is 27.9 Å². The summed E-state index contributed by atoms with van der Waals surface area (Å²) in [5, 5.41) is 52.2. The van der Waals surface area contributed by atoms with Gasteiger partial charge in [-0.3, -0.25) is 33.5 Å². The molecule has 0 saturated carbocycles. The monoisotopic (exact) mass is 851 g/mol. The van der Waals surface area contributed by atoms with E-state index in [9.17, 15) is 58.8 Å². The number of aromatic hydroxyl groups is 2. The summed E-state index contributed by atoms with van der Waals surface area (Å²) in [6.07, 6.45) is -0.914. The van der Waals surface area contributed by atoms with E-state index in [0.29, 0.717) is 11.1 Å². The molecule has 0 unspecified atom stereocenters. The van der Waals surface area contributed by atoms with Crippen LogP contribution in [-0.4, -0.2) is 120 Å². The Hall–Kier alpha value is -7.20. The number of hydrogen-bond donors (Lipinski definition) is 11. The highest BCUT2D eigenvalue weighted by Crippen LogP contribution is 2.30. The minimum atomic E-state index is -1.61. The average Bonchev–Trinajstić information content (AvgIpc) is 3.56. The lowest BCUT2D eigenvalue weighted by molar-refractivity contribution is -0.140. The molecule has 6 amide bonds. The van der Waals surface area contributed by atoms with Crippen LogP contribution in [0, 0.1) is 0 Å². The SMILES string of the molecule is C[C@H](N)C(=O)N[C@@H](Cc1cccc(O)c1)C(=O)N(C)[C@@H](C)[C@H](NC(=O)[C@H](C)NC(=O)N[C@@H](Cc1cccc(O)c1)C(=O)O)C(=O)N/C=C1/C[C@@H](O)[C@H](n2ccc(=O)[nH]c2=O)O1. The molecule has 22 nitrogen and oxygen atoms in total. The molecular weight excluding hydrogens is 802 g/mol. The van der Waals surface area contributed by atoms with Crippen LogP contribution < -0.4 is 43.6 Å². The first-order valence-electron chi connectivity index (χ1n) is 18.9. The van der Waals surface area contributed by atoms with Gasteiger partial charge in [-0.2, -0.15) is 0 Å². The number of nitrogens with two attached hydrogens (primary N) is 1. The number of urea groups is 1. The average molecular weight is 852 g/mol. The summed E-state index contributed by atoms with van der Waals surface area (Å²) < 4.78 is 6.61. The lowest BCUT2D eigenvalue weighted by atomic mass is 10.0. The van der Waals surface area contributed by atoms with Crippen molar-refractivity contribution in [1.82, 2.24) is 41.0 Å². The fraction of sp³-hybridized carbons (Fsp3) is 0.385. The predicted molar refractivity (Wildman–Crippen MR) is 214 cm³/mol. The van der Waals surface area contributed by atoms with Crippen molar-refractivity contribution in [3.63, 3.8) is 0 Å². The molecular formula is C39H49N9O13. The Morgan fingerprint density at radius 1 is 0.885 bits per heavy atom. The Bertz CT molecular complexity index is 2260. The number of carbonyl (C=O) groups excluding carboxylic acids is 5. The molecule has 0 bridgehead atoms. The third kappa shape index (κ3) is 12.9. The van der Waals surface area contributed by atoms with Crippen LogP contribution in [-0.2, 0) is 41.6 Å². The molecule has 1 aromatic heterocycles. The maximum absolute atomic E-state index is 14.1. The van der Waals surface area contributed by atoms with E-state index in [1.807, 2.05) is 4.98 Å². The molecule has 1 aliphatic heterocycles. The van der Waals surface area contributed by atoms with Gasteiger partial charge in [0.15, 0.2) is 0 Å². The van der Waals surface area contributed by atoms with Crippen molar-refractivity contribution in [3.8, 4) is 11.5 Å². The van der Waals surface area contributed by atoms with Gasteiger partial charge in [0.25, 0.3) is 5.56 Å². The van der Waals surface area contributed by atoms with Crippen LogP contribution in [0.2, 0.25) is 0 Å². The zero-order valence-electron chi connectivity index (χ0n) is 33.5. The van der Waals surface area contributed by atoms with E-state index >= 15 is 0 Å². The number of rotatable bonds is 17. The minimum absolute atomic E-state index is 0.0127. The standard InChI is InChI=1S/C39H49N9O13/c1-19(40)32(53)43-27(15-22-7-5-9-24(49)13-22)35(56)47(4)21(3)31(34(55)41-18-26-17-29(51)36(61-26)48-12-11-30(52)45-39(48)60)46-33(54)20(2)42-38(59)44-28(37(57)58)16-23-8-6-10-25(50)14-23/h5-14,18-21,27-29,31,36,49-51H,15-17,40H2,1-4H3,(H,41,55)(H,43,53)(H,46,54)(H,57,58)(H2,42,44,59)(H,45,52,60)/b26-18-/t19-,20-,21-,27-,28-,29+,31-,36+/m0/s1. The number of carboxylic acid groups (broad SMARTS) is 1. The van der Waals surface area contributed by atoms with Gasteiger partial charge >= 0.3 is 17.7 Å². The molecule has 0 radical (unpaired) electrons. The number of hydrogen-bond acceptors (Lipinski definition) is 13. The molecule has 0 aliphatic carbocycles. The topological polar surface area (TPSA) is 337 Å². The van der Waals surface area contributed by atoms with Crippen molar-refractivity contribution in [2.45, 2.75) is 88.6 Å². The number of likely N-dealkylation sites (N-methyl/N-ethyl adjacent to an activating group) is 1. The summed E-state index contributed by atoms with van der Waals surface area (Å²) in [6, 6.07) is 3.69. The fourth-order valence-corrected chi connectivity index (χ4v) is 6.15. The van der Waals surface area contributed by atoms with Crippen molar-refractivity contribution in [2.24, 2.45) is 5.73 Å². The number of nitrogens with zero attached hydrogens (tertiary/aromatic N) is 2. The molecule has 61 heavy (non-hydrogen) atoms. The maximum Gasteiger partial charge on any atom is 0.331 e. The number of aromatic nitrogens is 2. The number of ether oxygens (including phenoxy) is 1. The van der Waals surface area contributed by atoms with Crippen LogP contribution in [0.25, 0.3) is 0 Å². The quantitative estimate of drug-likeness (QED) is 0.0699. The molecule has 328 valence electrons. The molecule has 2 heterocycles. The van der Waals surface area contributed by atoms with E-state index < -0.39 is 95.5 Å². The van der Waals surface area contributed by atoms with Gasteiger partial charge in [-0.15, -0.1) is 0 Å². The largest absolute Gasteiger partial charge is 0.508 e. The van der Waals surface area contributed by atoms with Gasteiger partial charge in [0.2, 0.25) is 29.9 Å². The van der Waals surface area contributed by atoms with Crippen LogP contribution >= 0.6 is 0 Å². The minimum Gasteiger partial charge on any atom is -0.508 e. The van der Waals surface area contributed by atoms with Gasteiger partial charge in [0.05, 0.1) is 12.1 Å². The normalized spacial score (nSPS) is 18.2. The van der Waals surface area contributed by atoms with Gasteiger partial charge in [-0.05, 0) is 56.2 Å². The number of nitrogens with one attached hydrogen (secondary N) is 6. The number of aromatic amines is 1. The van der Waals surface area contributed by atoms with Gasteiger partial charge < -0.3 is 62.4 Å². The number of carboxylic acids is 1. The van der Waals surface area contributed by atoms with Gasteiger partial charge in [-0.25, -0.2) is 14.4 Å². The highest BCUT2D eigenvalue weighted by atomic mass is 16.5. The number of phenols is 2. The van der Waals surface area contributed by atoms with Crippen molar-refractivity contribution in [1.29, 1.82) is 0 Å². The molecule has 12 N–H and O–H groups in total. The smallest absolute Gasteiger partial charge is 0.331 e. The Morgan fingerprint density at radius 2 is 1.49 bits per heavy atom. The highest BCUT2D eigenvalue weighted by molar-refractivity contribution is 5.94. The van der Waals surface area contributed by atoms with E-state index in [4.69, 9.17) is 10.5 Å². The molecule has 1 aliphatic rings. The van der Waals surface area contributed by atoms with E-state index in [1.165, 1.54) is 64.2 Å². The van der Waals surface area contributed by atoms with Crippen LogP contribution in [0.1, 0.15) is 44.5 Å². The number of amides is 6. The number of carbonyl (C=O) groups is 6. The third-order valence-electron chi connectivity index (χ3n) is 9.61. The summed E-state index contributed by atoms with van der Waals surface area (Å²) in [7, 11) is 1.31. The lowest BCUT2D eigenvalue weighted by Gasteiger charge is -2.34. The van der Waals surface area contributed by atoms with E-state index in [2.05, 4.69) is 26.6 Å². The fourth-order valence-electron chi connectivity index (χ4n) is 6.15. The highest BCUT2D eigenvalue weighted by Gasteiger charge is 2.37. The first-order chi connectivity index (χ1) is 28.7. The second kappa shape index (κ2) is 20.7. The van der Waals surface area contributed by atoms with Crippen LogP contribution in [0.5, 0.6) is 11.5 Å². The predicted octanol–water partition coefficient (Wildman–Crippen LogP) is -2.02. The number of aliphatic carboxylic acids is 1. The molecule has 3 aromatic rings. The number of aliphatic hydroxyl groups is 1. The van der Waals surface area contributed by atoms with Gasteiger partial charge in [-0.1, -0.05) is 24.3 Å². The van der Waals surface area contributed by atoms with E-state index in [-0.39, 0.29) is 36.5 Å². The van der Waals surface area contributed by atoms with Crippen LogP contribution in [0.15, 0.2) is 82.3 Å². The summed E-state index contributed by atoms with van der Waals surface area (Å²) in [5.41, 5.74) is 5.08. The first-order valence-corrected chi connectivity index (χ1v) is 18.9. The molecule has 0 spiro atoms. The molecule has 1 saturated heterocycles. The third-order valence-corrected chi connectivity index (χ3v) is 9.61. The Labute approximate surface area is 347 Å². The Balaban J connectivity index is 1.56. The number of benzene rings is 2. The van der Waals surface area contributed by atoms with Crippen LogP contribution in [0.3, 0.4) is 0 Å². The molecule has 1 fully saturated rings. The van der Waals surface area contributed by atoms with Crippen molar-refractivity contribution in [2.75, 3.05) is 7.05 Å². The zero-order valence-corrected chi connectivity index (χ0v) is 33.5. The second-order valence-electron chi connectivity index (χ2n) is 14.4. The Kier molecular flexibility index (Phi) is 15.7. The maximum atomic E-state index is 14.1. The van der Waals surface area contributed by atoms with Crippen molar-refractivity contribution >= 4 is 35.6 Å². The summed E-state index contributed by atoms with van der Waals surface area (Å²) >= 11 is 0. The molecule has 22 heteroatoms. The summed E-state index contributed by atoms with van der Waals surface area (Å²) in [5.74, 6) is -4.94. The van der Waals surface area contributed by atoms with E-state index in [1.54, 1.807) is 12.1 Å². The number of H-pyrrole nitrogens is 1.